The second-order valence-electron chi connectivity index (χ2n) is 7.21. The van der Waals surface area contributed by atoms with Gasteiger partial charge >= 0.3 is 6.18 Å². The molecule has 0 fully saturated rings. The monoisotopic (exact) mass is 374 g/mol. The minimum absolute atomic E-state index is 0.0568. The van der Waals surface area contributed by atoms with Crippen LogP contribution in [-0.4, -0.2) is 12.2 Å². The summed E-state index contributed by atoms with van der Waals surface area (Å²) in [6.45, 7) is 6.19. The lowest BCUT2D eigenvalue weighted by Gasteiger charge is -2.23. The third kappa shape index (κ3) is 4.43. The third-order valence-electron chi connectivity index (χ3n) is 4.27. The van der Waals surface area contributed by atoms with Crippen LogP contribution in [0.5, 0.6) is 0 Å². The molecule has 0 heterocycles. The van der Waals surface area contributed by atoms with Crippen molar-refractivity contribution in [3.63, 3.8) is 0 Å². The second kappa shape index (κ2) is 7.36. The van der Waals surface area contributed by atoms with Gasteiger partial charge in [0.2, 0.25) is 0 Å². The normalized spacial score (nSPS) is 13.0. The van der Waals surface area contributed by atoms with E-state index in [0.717, 1.165) is 17.7 Å². The van der Waals surface area contributed by atoms with Gasteiger partial charge in [0.15, 0.2) is 11.5 Å². The van der Waals surface area contributed by atoms with Crippen molar-refractivity contribution in [2.75, 3.05) is 11.9 Å². The van der Waals surface area contributed by atoms with Gasteiger partial charge in [-0.2, -0.15) is 18.4 Å². The fourth-order valence-electron chi connectivity index (χ4n) is 2.67. The molecule has 2 rings (SSSR count). The summed E-state index contributed by atoms with van der Waals surface area (Å²) in [4.78, 5) is 1.37. The van der Waals surface area contributed by atoms with E-state index in [1.165, 1.54) is 24.1 Å². The minimum Gasteiger partial charge on any atom is -0.504 e. The number of alkyl halides is 3. The summed E-state index contributed by atoms with van der Waals surface area (Å²) < 4.78 is 39.7. The molecule has 1 N–H and O–H groups in total. The molecular formula is C21H21F3N2O. The van der Waals surface area contributed by atoms with E-state index in [1.54, 1.807) is 12.1 Å². The molecule has 0 atom stereocenters. The molecule has 0 aromatic heterocycles. The summed E-state index contributed by atoms with van der Waals surface area (Å²) in [5, 5.41) is 19.9. The van der Waals surface area contributed by atoms with Crippen molar-refractivity contribution < 1.29 is 18.3 Å². The number of aliphatic hydroxyl groups is 1. The summed E-state index contributed by atoms with van der Waals surface area (Å²) in [5.74, 6) is -0.715. The van der Waals surface area contributed by atoms with Crippen molar-refractivity contribution in [2.45, 2.75) is 32.4 Å². The van der Waals surface area contributed by atoms with Crippen molar-refractivity contribution in [3.05, 3.63) is 70.9 Å². The molecule has 2 aromatic rings. The Balaban J connectivity index is 2.51. The largest absolute Gasteiger partial charge is 0.504 e. The molecule has 0 saturated carbocycles. The molecule has 3 nitrogen and oxygen atoms in total. The topological polar surface area (TPSA) is 47.3 Å². The van der Waals surface area contributed by atoms with E-state index in [9.17, 15) is 23.5 Å². The number of nitriles is 1. The SMILES string of the molecule is CN(C(C#N)=C(O)c1ccccc1C(F)(F)F)c1ccc(C(C)(C)C)cc1. The summed E-state index contributed by atoms with van der Waals surface area (Å²) in [7, 11) is 1.52. The first-order valence-electron chi connectivity index (χ1n) is 8.31. The second-order valence-corrected chi connectivity index (χ2v) is 7.21. The van der Waals surface area contributed by atoms with E-state index < -0.39 is 23.1 Å². The van der Waals surface area contributed by atoms with Gasteiger partial charge in [0.1, 0.15) is 6.07 Å². The van der Waals surface area contributed by atoms with Crippen LogP contribution in [0.4, 0.5) is 18.9 Å². The molecule has 0 aliphatic heterocycles. The molecule has 27 heavy (non-hydrogen) atoms. The maximum atomic E-state index is 13.2. The first-order valence-corrected chi connectivity index (χ1v) is 8.31. The molecule has 0 bridgehead atoms. The van der Waals surface area contributed by atoms with Crippen LogP contribution in [0.2, 0.25) is 0 Å². The molecule has 0 spiro atoms. The number of hydrogen-bond acceptors (Lipinski definition) is 3. The highest BCUT2D eigenvalue weighted by Gasteiger charge is 2.34. The lowest BCUT2D eigenvalue weighted by atomic mass is 9.87. The predicted molar refractivity (Wildman–Crippen MR) is 100 cm³/mol. The molecule has 0 saturated heterocycles. The Morgan fingerprint density at radius 2 is 1.56 bits per heavy atom. The highest BCUT2D eigenvalue weighted by molar-refractivity contribution is 5.73. The van der Waals surface area contributed by atoms with Crippen molar-refractivity contribution in [1.29, 1.82) is 5.26 Å². The fourth-order valence-corrected chi connectivity index (χ4v) is 2.67. The molecule has 6 heteroatoms. The van der Waals surface area contributed by atoms with Crippen LogP contribution in [0.15, 0.2) is 54.2 Å². The van der Waals surface area contributed by atoms with E-state index in [4.69, 9.17) is 0 Å². The van der Waals surface area contributed by atoms with Gasteiger partial charge in [-0.1, -0.05) is 51.1 Å². The number of benzene rings is 2. The van der Waals surface area contributed by atoms with Gasteiger partial charge in [0, 0.05) is 18.3 Å². The van der Waals surface area contributed by atoms with Gasteiger partial charge in [-0.3, -0.25) is 0 Å². The molecule has 0 unspecified atom stereocenters. The third-order valence-corrected chi connectivity index (χ3v) is 4.27. The smallest absolute Gasteiger partial charge is 0.417 e. The highest BCUT2D eigenvalue weighted by atomic mass is 19.4. The molecular weight excluding hydrogens is 353 g/mol. The molecule has 0 amide bonds. The van der Waals surface area contributed by atoms with Crippen molar-refractivity contribution in [3.8, 4) is 6.07 Å². The van der Waals surface area contributed by atoms with Crippen LogP contribution in [0.1, 0.15) is 37.5 Å². The molecule has 142 valence electrons. The number of halogens is 3. The Labute approximate surface area is 157 Å². The zero-order valence-electron chi connectivity index (χ0n) is 15.6. The average Bonchev–Trinajstić information content (AvgIpc) is 2.60. The number of aliphatic hydroxyl groups excluding tert-OH is 1. The van der Waals surface area contributed by atoms with Gasteiger partial charge in [-0.05, 0) is 29.2 Å². The van der Waals surface area contributed by atoms with Crippen molar-refractivity contribution in [1.82, 2.24) is 0 Å². The molecule has 2 aromatic carbocycles. The standard InChI is InChI=1S/C21H21F3N2O/c1-20(2,3)14-9-11-15(12-10-14)26(4)18(13-25)19(27)16-7-5-6-8-17(16)21(22,23)24/h5-12,27H,1-4H3. The maximum Gasteiger partial charge on any atom is 0.417 e. The quantitative estimate of drug-likeness (QED) is 0.538. The molecule has 0 radical (unpaired) electrons. The van der Waals surface area contributed by atoms with Crippen LogP contribution in [-0.2, 0) is 11.6 Å². The molecule has 0 aliphatic rings. The fraction of sp³-hybridized carbons (Fsp3) is 0.286. The van der Waals surface area contributed by atoms with Gasteiger partial charge in [0.05, 0.1) is 5.56 Å². The van der Waals surface area contributed by atoms with Crippen LogP contribution in [0, 0.1) is 11.3 Å². The van der Waals surface area contributed by atoms with E-state index in [2.05, 4.69) is 20.8 Å². The summed E-state index contributed by atoms with van der Waals surface area (Å²) in [6.07, 6.45) is -4.64. The lowest BCUT2D eigenvalue weighted by Crippen LogP contribution is -2.19. The van der Waals surface area contributed by atoms with Gasteiger partial charge in [-0.15, -0.1) is 0 Å². The number of rotatable bonds is 3. The van der Waals surface area contributed by atoms with Crippen LogP contribution in [0.3, 0.4) is 0 Å². The Morgan fingerprint density at radius 1 is 1.00 bits per heavy atom. The number of nitrogens with zero attached hydrogens (tertiary/aromatic N) is 2. The molecule has 0 aliphatic carbocycles. The van der Waals surface area contributed by atoms with E-state index in [1.807, 2.05) is 18.2 Å². The number of hydrogen-bond donors (Lipinski definition) is 1. The van der Waals surface area contributed by atoms with Crippen LogP contribution >= 0.6 is 0 Å². The van der Waals surface area contributed by atoms with E-state index in [-0.39, 0.29) is 11.1 Å². The maximum absolute atomic E-state index is 13.2. The van der Waals surface area contributed by atoms with Gasteiger partial charge in [-0.25, -0.2) is 0 Å². The minimum atomic E-state index is -4.64. The summed E-state index contributed by atoms with van der Waals surface area (Å²) >= 11 is 0. The summed E-state index contributed by atoms with van der Waals surface area (Å²) in [5.41, 5.74) is -0.0929. The Kier molecular flexibility index (Phi) is 5.55. The van der Waals surface area contributed by atoms with Crippen LogP contribution < -0.4 is 4.90 Å². The number of allylic oxidation sites excluding steroid dienone is 1. The zero-order chi connectivity index (χ0) is 20.4. The predicted octanol–water partition coefficient (Wildman–Crippen LogP) is 5.89. The van der Waals surface area contributed by atoms with Crippen molar-refractivity contribution >= 4 is 11.4 Å². The Hall–Kier alpha value is -2.94. The van der Waals surface area contributed by atoms with Gasteiger partial charge in [0.25, 0.3) is 0 Å². The van der Waals surface area contributed by atoms with E-state index >= 15 is 0 Å². The Morgan fingerprint density at radius 3 is 2.04 bits per heavy atom. The van der Waals surface area contributed by atoms with Crippen molar-refractivity contribution in [2.24, 2.45) is 0 Å². The zero-order valence-corrected chi connectivity index (χ0v) is 15.6. The number of anilines is 1. The first-order chi connectivity index (χ1) is 12.5. The average molecular weight is 374 g/mol. The van der Waals surface area contributed by atoms with E-state index in [0.29, 0.717) is 5.69 Å². The highest BCUT2D eigenvalue weighted by Crippen LogP contribution is 2.36. The summed E-state index contributed by atoms with van der Waals surface area (Å²) in [6, 6.07) is 13.8. The van der Waals surface area contributed by atoms with Gasteiger partial charge < -0.3 is 10.0 Å². The van der Waals surface area contributed by atoms with Crippen LogP contribution in [0.25, 0.3) is 5.76 Å². The Bertz CT molecular complexity index is 885. The first kappa shape index (κ1) is 20.4. The lowest BCUT2D eigenvalue weighted by molar-refractivity contribution is -0.137.